The Morgan fingerprint density at radius 3 is 2.48 bits per heavy atom. The highest BCUT2D eigenvalue weighted by Crippen LogP contribution is 2.15. The highest BCUT2D eigenvalue weighted by atomic mass is 16.1. The van der Waals surface area contributed by atoms with Gasteiger partial charge in [-0.25, -0.2) is 4.98 Å². The summed E-state index contributed by atoms with van der Waals surface area (Å²) in [6.07, 6.45) is 0. The van der Waals surface area contributed by atoms with Crippen molar-refractivity contribution in [3.63, 3.8) is 0 Å². The predicted molar refractivity (Wildman–Crippen MR) is 92.7 cm³/mol. The molecule has 0 saturated heterocycles. The average molecular weight is 308 g/mol. The number of aryl methyl sites for hydroxylation is 1. The van der Waals surface area contributed by atoms with Crippen LogP contribution in [0.4, 0.5) is 5.69 Å². The zero-order chi connectivity index (χ0) is 16.4. The molecule has 1 amide bonds. The van der Waals surface area contributed by atoms with E-state index in [-0.39, 0.29) is 5.91 Å². The van der Waals surface area contributed by atoms with Gasteiger partial charge in [0.05, 0.1) is 17.6 Å². The Morgan fingerprint density at radius 2 is 1.83 bits per heavy atom. The van der Waals surface area contributed by atoms with Gasteiger partial charge in [-0.15, -0.1) is 0 Å². The number of carbonyl (C=O) groups is 1. The second-order valence-corrected chi connectivity index (χ2v) is 5.70. The monoisotopic (exact) mass is 308 g/mol. The Kier molecular flexibility index (Phi) is 4.02. The van der Waals surface area contributed by atoms with E-state index in [1.165, 1.54) is 0 Å². The van der Waals surface area contributed by atoms with Gasteiger partial charge in [0.1, 0.15) is 5.82 Å². The molecule has 5 nitrogen and oxygen atoms in total. The SMILES string of the molecule is CN(C)c1ccc(C(=O)NCc2nc3ccccc3n2C)cc1. The molecule has 0 unspecified atom stereocenters. The van der Waals surface area contributed by atoms with Gasteiger partial charge in [-0.3, -0.25) is 4.79 Å². The fourth-order valence-electron chi connectivity index (χ4n) is 2.53. The first-order valence-electron chi connectivity index (χ1n) is 7.52. The van der Waals surface area contributed by atoms with Crippen LogP contribution >= 0.6 is 0 Å². The summed E-state index contributed by atoms with van der Waals surface area (Å²) in [6, 6.07) is 15.5. The Balaban J connectivity index is 1.71. The molecule has 0 aliphatic heterocycles. The molecule has 5 heteroatoms. The van der Waals surface area contributed by atoms with Crippen molar-refractivity contribution in [2.24, 2.45) is 7.05 Å². The summed E-state index contributed by atoms with van der Waals surface area (Å²) >= 11 is 0. The van der Waals surface area contributed by atoms with Crippen LogP contribution in [0.25, 0.3) is 11.0 Å². The van der Waals surface area contributed by atoms with Gasteiger partial charge in [-0.05, 0) is 36.4 Å². The number of carbonyl (C=O) groups excluding carboxylic acids is 1. The molecular weight excluding hydrogens is 288 g/mol. The second-order valence-electron chi connectivity index (χ2n) is 5.70. The minimum absolute atomic E-state index is 0.0950. The van der Waals surface area contributed by atoms with Crippen molar-refractivity contribution in [1.29, 1.82) is 0 Å². The van der Waals surface area contributed by atoms with E-state index in [0.717, 1.165) is 22.5 Å². The van der Waals surface area contributed by atoms with Gasteiger partial charge >= 0.3 is 0 Å². The van der Waals surface area contributed by atoms with Crippen molar-refractivity contribution in [2.45, 2.75) is 6.54 Å². The Hall–Kier alpha value is -2.82. The smallest absolute Gasteiger partial charge is 0.251 e. The van der Waals surface area contributed by atoms with Crippen LogP contribution in [0.5, 0.6) is 0 Å². The third-order valence-electron chi connectivity index (χ3n) is 3.93. The van der Waals surface area contributed by atoms with Crippen molar-refractivity contribution in [1.82, 2.24) is 14.9 Å². The number of para-hydroxylation sites is 2. The standard InChI is InChI=1S/C18H20N4O/c1-21(2)14-10-8-13(9-11-14)18(23)19-12-17-20-15-6-4-5-7-16(15)22(17)3/h4-11H,12H2,1-3H3,(H,19,23). The van der Waals surface area contributed by atoms with Crippen molar-refractivity contribution in [3.8, 4) is 0 Å². The quantitative estimate of drug-likeness (QED) is 0.806. The number of hydrogen-bond donors (Lipinski definition) is 1. The molecule has 2 aromatic carbocycles. The molecule has 1 N–H and O–H groups in total. The topological polar surface area (TPSA) is 50.2 Å². The summed E-state index contributed by atoms with van der Waals surface area (Å²) in [4.78, 5) is 18.8. The van der Waals surface area contributed by atoms with Gasteiger partial charge in [0.2, 0.25) is 0 Å². The maximum Gasteiger partial charge on any atom is 0.251 e. The summed E-state index contributed by atoms with van der Waals surface area (Å²) in [5.74, 6) is 0.742. The van der Waals surface area contributed by atoms with E-state index in [1.54, 1.807) is 0 Å². The van der Waals surface area contributed by atoms with Crippen LogP contribution in [0.2, 0.25) is 0 Å². The van der Waals surface area contributed by atoms with Gasteiger partial charge in [-0.2, -0.15) is 0 Å². The van der Waals surface area contributed by atoms with Gasteiger partial charge < -0.3 is 14.8 Å². The fourth-order valence-corrected chi connectivity index (χ4v) is 2.53. The largest absolute Gasteiger partial charge is 0.378 e. The summed E-state index contributed by atoms with van der Waals surface area (Å²) in [7, 11) is 5.91. The van der Waals surface area contributed by atoms with E-state index in [9.17, 15) is 4.79 Å². The van der Waals surface area contributed by atoms with Crippen LogP contribution in [0, 0.1) is 0 Å². The molecule has 0 radical (unpaired) electrons. The highest BCUT2D eigenvalue weighted by Gasteiger charge is 2.10. The van der Waals surface area contributed by atoms with Gasteiger partial charge in [0.15, 0.2) is 0 Å². The minimum Gasteiger partial charge on any atom is -0.378 e. The van der Waals surface area contributed by atoms with Crippen LogP contribution in [-0.4, -0.2) is 29.6 Å². The number of amides is 1. The lowest BCUT2D eigenvalue weighted by Crippen LogP contribution is -2.24. The summed E-state index contributed by atoms with van der Waals surface area (Å²) < 4.78 is 2.00. The Morgan fingerprint density at radius 1 is 1.13 bits per heavy atom. The average Bonchev–Trinajstić information content (AvgIpc) is 2.89. The van der Waals surface area contributed by atoms with Crippen molar-refractivity contribution < 1.29 is 4.79 Å². The number of rotatable bonds is 4. The molecule has 3 rings (SSSR count). The third-order valence-corrected chi connectivity index (χ3v) is 3.93. The lowest BCUT2D eigenvalue weighted by atomic mass is 10.2. The molecule has 0 atom stereocenters. The van der Waals surface area contributed by atoms with Crippen molar-refractivity contribution >= 4 is 22.6 Å². The fraction of sp³-hybridized carbons (Fsp3) is 0.222. The lowest BCUT2D eigenvalue weighted by Gasteiger charge is -2.12. The van der Waals surface area contributed by atoms with Crippen LogP contribution in [0.3, 0.4) is 0 Å². The maximum atomic E-state index is 12.3. The van der Waals surface area contributed by atoms with E-state index in [2.05, 4.69) is 10.3 Å². The maximum absolute atomic E-state index is 12.3. The molecule has 118 valence electrons. The van der Waals surface area contributed by atoms with Crippen LogP contribution in [-0.2, 0) is 13.6 Å². The predicted octanol–water partition coefficient (Wildman–Crippen LogP) is 2.57. The third kappa shape index (κ3) is 3.04. The molecular formula is C18H20N4O. The molecule has 0 saturated carbocycles. The summed E-state index contributed by atoms with van der Waals surface area (Å²) in [6.45, 7) is 0.402. The van der Waals surface area contributed by atoms with E-state index in [1.807, 2.05) is 79.1 Å². The zero-order valence-electron chi connectivity index (χ0n) is 13.6. The highest BCUT2D eigenvalue weighted by molar-refractivity contribution is 5.94. The number of hydrogen-bond acceptors (Lipinski definition) is 3. The minimum atomic E-state index is -0.0950. The van der Waals surface area contributed by atoms with Gasteiger partial charge in [0, 0.05) is 32.4 Å². The molecule has 0 aliphatic rings. The summed E-state index contributed by atoms with van der Waals surface area (Å²) in [5.41, 5.74) is 3.72. The first-order chi connectivity index (χ1) is 11.1. The van der Waals surface area contributed by atoms with Crippen molar-refractivity contribution in [3.05, 3.63) is 59.9 Å². The zero-order valence-corrected chi connectivity index (χ0v) is 13.6. The van der Waals surface area contributed by atoms with Crippen LogP contribution in [0.1, 0.15) is 16.2 Å². The molecule has 1 aromatic heterocycles. The van der Waals surface area contributed by atoms with Crippen LogP contribution < -0.4 is 10.2 Å². The normalized spacial score (nSPS) is 10.7. The first-order valence-corrected chi connectivity index (χ1v) is 7.52. The second kappa shape index (κ2) is 6.12. The number of anilines is 1. The van der Waals surface area contributed by atoms with E-state index in [0.29, 0.717) is 12.1 Å². The molecule has 23 heavy (non-hydrogen) atoms. The van der Waals surface area contributed by atoms with E-state index >= 15 is 0 Å². The molecule has 0 aliphatic carbocycles. The number of benzene rings is 2. The molecule has 0 fully saturated rings. The van der Waals surface area contributed by atoms with Crippen LogP contribution in [0.15, 0.2) is 48.5 Å². The molecule has 0 bridgehead atoms. The van der Waals surface area contributed by atoms with E-state index in [4.69, 9.17) is 0 Å². The number of nitrogens with one attached hydrogen (secondary N) is 1. The van der Waals surface area contributed by atoms with Gasteiger partial charge in [-0.1, -0.05) is 12.1 Å². The van der Waals surface area contributed by atoms with Gasteiger partial charge in [0.25, 0.3) is 5.91 Å². The first kappa shape index (κ1) is 15.1. The number of imidazole rings is 1. The van der Waals surface area contributed by atoms with Crippen molar-refractivity contribution in [2.75, 3.05) is 19.0 Å². The molecule has 3 aromatic rings. The summed E-state index contributed by atoms with van der Waals surface area (Å²) in [5, 5.41) is 2.93. The number of nitrogens with zero attached hydrogens (tertiary/aromatic N) is 3. The number of aromatic nitrogens is 2. The Labute approximate surface area is 135 Å². The molecule has 0 spiro atoms. The number of fused-ring (bicyclic) bond motifs is 1. The lowest BCUT2D eigenvalue weighted by molar-refractivity contribution is 0.0949. The van der Waals surface area contributed by atoms with E-state index < -0.39 is 0 Å². The Bertz CT molecular complexity index is 834. The molecule has 1 heterocycles.